The summed E-state index contributed by atoms with van der Waals surface area (Å²) < 4.78 is 6.82. The van der Waals surface area contributed by atoms with Gasteiger partial charge in [0.05, 0.1) is 34.7 Å². The highest BCUT2D eigenvalue weighted by atomic mass is 32.1. The predicted molar refractivity (Wildman–Crippen MR) is 158 cm³/mol. The first-order valence-electron chi connectivity index (χ1n) is 12.9. The summed E-state index contributed by atoms with van der Waals surface area (Å²) in [6.45, 7) is 0. The van der Waals surface area contributed by atoms with Crippen LogP contribution in [-0.2, 0) is 6.42 Å². The van der Waals surface area contributed by atoms with E-state index in [0.717, 1.165) is 11.3 Å². The predicted octanol–water partition coefficient (Wildman–Crippen LogP) is 6.04. The number of non-ortho nitro benzene ring substituents is 1. The number of nitro groups is 1. The lowest BCUT2D eigenvalue weighted by molar-refractivity contribution is -0.384. The molecule has 10 heteroatoms. The fraction of sp³-hybridized carbons (Fsp3) is 0.129. The first kappa shape index (κ1) is 26.1. The van der Waals surface area contributed by atoms with E-state index in [1.54, 1.807) is 59.5 Å². The average molecular weight is 565 g/mol. The molecule has 1 atom stereocenters. The standard InChI is InChI=1S/C31H24N4O5S/c1-40-22-11-9-18(10-12-22)20-14-28-23(29(36)15-20)16-24(31(37)34(28)27-8-3-2-7-25(27)32)30-33-26(17-41-30)19-5-4-6-21(13-19)35(38)39/h2-13,16-17,20H,14-15,32H2,1H3. The van der Waals surface area contributed by atoms with E-state index in [0.29, 0.717) is 45.3 Å². The normalized spacial score (nSPS) is 14.5. The first-order chi connectivity index (χ1) is 19.8. The van der Waals surface area contributed by atoms with Crippen LogP contribution in [-0.4, -0.2) is 27.4 Å². The van der Waals surface area contributed by atoms with Gasteiger partial charge in [0.25, 0.3) is 11.2 Å². The Bertz CT molecular complexity index is 1880. The maximum atomic E-state index is 14.2. The molecule has 1 unspecified atom stereocenters. The Labute approximate surface area is 238 Å². The zero-order chi connectivity index (χ0) is 28.7. The molecule has 3 aromatic carbocycles. The molecular weight excluding hydrogens is 540 g/mol. The number of thiazole rings is 1. The minimum Gasteiger partial charge on any atom is -0.497 e. The van der Waals surface area contributed by atoms with Crippen LogP contribution in [0.1, 0.15) is 34.0 Å². The minimum absolute atomic E-state index is 0.0512. The minimum atomic E-state index is -0.464. The zero-order valence-corrected chi connectivity index (χ0v) is 22.8. The van der Waals surface area contributed by atoms with Gasteiger partial charge in [-0.15, -0.1) is 11.3 Å². The molecule has 2 N–H and O–H groups in total. The Morgan fingerprint density at radius 1 is 1.00 bits per heavy atom. The average Bonchev–Trinajstić information content (AvgIpc) is 3.48. The highest BCUT2D eigenvalue weighted by Gasteiger charge is 2.31. The second-order valence-corrected chi connectivity index (χ2v) is 10.6. The number of ketones is 1. The maximum absolute atomic E-state index is 14.2. The Morgan fingerprint density at radius 2 is 1.78 bits per heavy atom. The van der Waals surface area contributed by atoms with Crippen LogP contribution in [0, 0.1) is 10.1 Å². The smallest absolute Gasteiger partial charge is 0.270 e. The Hall–Kier alpha value is -5.09. The molecule has 0 radical (unpaired) electrons. The lowest BCUT2D eigenvalue weighted by Gasteiger charge is -2.28. The van der Waals surface area contributed by atoms with E-state index >= 15 is 0 Å². The Balaban J connectivity index is 1.49. The van der Waals surface area contributed by atoms with Gasteiger partial charge in [0.1, 0.15) is 10.8 Å². The number of methoxy groups -OCH3 is 1. The molecule has 0 spiro atoms. The highest BCUT2D eigenvalue weighted by molar-refractivity contribution is 7.13. The van der Waals surface area contributed by atoms with Gasteiger partial charge in [-0.2, -0.15) is 0 Å². The summed E-state index contributed by atoms with van der Waals surface area (Å²) in [5, 5.41) is 13.4. The van der Waals surface area contributed by atoms with Gasteiger partial charge < -0.3 is 10.5 Å². The molecule has 0 aliphatic heterocycles. The summed E-state index contributed by atoms with van der Waals surface area (Å²) in [6, 6.07) is 22.5. The van der Waals surface area contributed by atoms with Crippen LogP contribution in [0.4, 0.5) is 11.4 Å². The number of pyridine rings is 1. The number of rotatable bonds is 6. The van der Waals surface area contributed by atoms with Crippen molar-refractivity contribution in [2.45, 2.75) is 18.8 Å². The van der Waals surface area contributed by atoms with E-state index in [9.17, 15) is 19.7 Å². The first-order valence-corrected chi connectivity index (χ1v) is 13.7. The van der Waals surface area contributed by atoms with E-state index < -0.39 is 4.92 Å². The number of hydrogen-bond donors (Lipinski definition) is 1. The van der Waals surface area contributed by atoms with Crippen molar-refractivity contribution in [3.05, 3.63) is 122 Å². The number of anilines is 1. The zero-order valence-electron chi connectivity index (χ0n) is 21.9. The third-order valence-electron chi connectivity index (χ3n) is 7.33. The topological polar surface area (TPSA) is 130 Å². The summed E-state index contributed by atoms with van der Waals surface area (Å²) in [4.78, 5) is 43.3. The number of nitro benzene ring substituents is 1. The molecule has 41 heavy (non-hydrogen) atoms. The van der Waals surface area contributed by atoms with E-state index in [4.69, 9.17) is 10.5 Å². The van der Waals surface area contributed by atoms with E-state index in [1.165, 1.54) is 23.5 Å². The van der Waals surface area contributed by atoms with Gasteiger partial charge in [0.2, 0.25) is 0 Å². The molecule has 0 saturated heterocycles. The molecule has 0 fully saturated rings. The van der Waals surface area contributed by atoms with Crippen molar-refractivity contribution < 1.29 is 14.5 Å². The number of fused-ring (bicyclic) bond motifs is 1. The number of aromatic nitrogens is 2. The number of nitrogen functional groups attached to an aromatic ring is 1. The van der Waals surface area contributed by atoms with Crippen molar-refractivity contribution in [2.24, 2.45) is 0 Å². The molecule has 2 aromatic heterocycles. The molecule has 0 saturated carbocycles. The lowest BCUT2D eigenvalue weighted by atomic mass is 9.81. The molecule has 0 bridgehead atoms. The third-order valence-corrected chi connectivity index (χ3v) is 8.20. The van der Waals surface area contributed by atoms with Gasteiger partial charge >= 0.3 is 0 Å². The molecular formula is C31H24N4O5S. The number of nitrogens with zero attached hydrogens (tertiary/aromatic N) is 3. The van der Waals surface area contributed by atoms with Crippen LogP contribution in [0.2, 0.25) is 0 Å². The fourth-order valence-corrected chi connectivity index (χ4v) is 6.09. The number of carbonyl (C=O) groups excluding carboxylic acids is 1. The van der Waals surface area contributed by atoms with Crippen molar-refractivity contribution in [3.63, 3.8) is 0 Å². The number of benzene rings is 3. The number of Topliss-reactive ketones (excluding diaryl/α,β-unsaturated/α-hetero) is 1. The number of para-hydroxylation sites is 2. The number of carbonyl (C=O) groups is 1. The highest BCUT2D eigenvalue weighted by Crippen LogP contribution is 2.37. The molecule has 204 valence electrons. The molecule has 9 nitrogen and oxygen atoms in total. The molecule has 1 aliphatic carbocycles. The van der Waals surface area contributed by atoms with Crippen LogP contribution in [0.5, 0.6) is 5.75 Å². The third kappa shape index (κ3) is 4.78. The van der Waals surface area contributed by atoms with Crippen LogP contribution in [0.3, 0.4) is 0 Å². The molecule has 1 aliphatic rings. The van der Waals surface area contributed by atoms with Crippen LogP contribution in [0.15, 0.2) is 89.0 Å². The summed E-state index contributed by atoms with van der Waals surface area (Å²) in [5.41, 5.74) is 10.2. The van der Waals surface area contributed by atoms with Crippen LogP contribution >= 0.6 is 11.3 Å². The summed E-state index contributed by atoms with van der Waals surface area (Å²) in [7, 11) is 1.60. The van der Waals surface area contributed by atoms with Crippen molar-refractivity contribution in [1.29, 1.82) is 0 Å². The summed E-state index contributed by atoms with van der Waals surface area (Å²) in [5.74, 6) is 0.525. The largest absolute Gasteiger partial charge is 0.497 e. The van der Waals surface area contributed by atoms with Gasteiger partial charge in [-0.05, 0) is 48.2 Å². The van der Waals surface area contributed by atoms with Gasteiger partial charge in [0.15, 0.2) is 5.78 Å². The fourth-order valence-electron chi connectivity index (χ4n) is 5.25. The van der Waals surface area contributed by atoms with Gasteiger partial charge in [0, 0.05) is 40.8 Å². The van der Waals surface area contributed by atoms with Crippen molar-refractivity contribution in [2.75, 3.05) is 12.8 Å². The Kier molecular flexibility index (Phi) is 6.68. The number of nitrogens with two attached hydrogens (primary N) is 1. The van der Waals surface area contributed by atoms with Gasteiger partial charge in [-0.25, -0.2) is 4.98 Å². The second kappa shape index (κ2) is 10.5. The van der Waals surface area contributed by atoms with Crippen molar-refractivity contribution in [3.8, 4) is 33.3 Å². The van der Waals surface area contributed by atoms with Crippen molar-refractivity contribution >= 4 is 28.5 Å². The van der Waals surface area contributed by atoms with E-state index in [2.05, 4.69) is 4.98 Å². The van der Waals surface area contributed by atoms with Crippen LogP contribution in [0.25, 0.3) is 27.5 Å². The summed E-state index contributed by atoms with van der Waals surface area (Å²) >= 11 is 1.24. The molecule has 0 amide bonds. The van der Waals surface area contributed by atoms with E-state index in [-0.39, 0.29) is 34.9 Å². The quantitative estimate of drug-likeness (QED) is 0.151. The van der Waals surface area contributed by atoms with E-state index in [1.807, 2.05) is 24.3 Å². The molecule has 2 heterocycles. The molecule has 6 rings (SSSR count). The monoisotopic (exact) mass is 564 g/mol. The number of ether oxygens (including phenoxy) is 1. The van der Waals surface area contributed by atoms with Gasteiger partial charge in [-0.3, -0.25) is 24.3 Å². The maximum Gasteiger partial charge on any atom is 0.270 e. The van der Waals surface area contributed by atoms with Crippen molar-refractivity contribution in [1.82, 2.24) is 9.55 Å². The van der Waals surface area contributed by atoms with Crippen LogP contribution < -0.4 is 16.0 Å². The summed E-state index contributed by atoms with van der Waals surface area (Å²) in [6.07, 6.45) is 0.756. The Morgan fingerprint density at radius 3 is 2.51 bits per heavy atom. The molecule has 5 aromatic rings. The lowest BCUT2D eigenvalue weighted by Crippen LogP contribution is -2.31. The SMILES string of the molecule is COc1ccc(C2CC(=O)c3cc(-c4nc(-c5cccc([N+](=O)[O-])c5)cs4)c(=O)n(-c4ccccc4N)c3C2)cc1. The second-order valence-electron chi connectivity index (χ2n) is 9.76. The number of hydrogen-bond acceptors (Lipinski definition) is 8. The van der Waals surface area contributed by atoms with Gasteiger partial charge in [-0.1, -0.05) is 36.4 Å².